The lowest BCUT2D eigenvalue weighted by molar-refractivity contribution is -0.139. The summed E-state index contributed by atoms with van der Waals surface area (Å²) in [5.41, 5.74) is 0.0970. The van der Waals surface area contributed by atoms with E-state index in [9.17, 15) is 22.0 Å². The van der Waals surface area contributed by atoms with Gasteiger partial charge in [-0.15, -0.1) is 0 Å². The summed E-state index contributed by atoms with van der Waals surface area (Å²) in [6.07, 6.45) is 0.672. The van der Waals surface area contributed by atoms with E-state index in [1.54, 1.807) is 18.2 Å². The van der Waals surface area contributed by atoms with Gasteiger partial charge in [-0.1, -0.05) is 74.7 Å². The molecule has 0 nitrogen and oxygen atoms in total. The SMILES string of the molecule is CCCCCCc1ccc2c(F)c(-c3ccc(-c4ccc(C(F)(F)F)c(F)c4)c(F)c3)ccc2c1. The van der Waals surface area contributed by atoms with Crippen LogP contribution >= 0.6 is 0 Å². The normalized spacial score (nSPS) is 11.9. The maximum absolute atomic E-state index is 15.3. The molecule has 0 spiro atoms. The van der Waals surface area contributed by atoms with Gasteiger partial charge in [0, 0.05) is 16.5 Å². The van der Waals surface area contributed by atoms with E-state index in [1.165, 1.54) is 18.6 Å². The highest BCUT2D eigenvalue weighted by Crippen LogP contribution is 2.36. The van der Waals surface area contributed by atoms with Crippen molar-refractivity contribution in [3.05, 3.63) is 95.3 Å². The van der Waals surface area contributed by atoms with Gasteiger partial charge in [0.2, 0.25) is 0 Å². The van der Waals surface area contributed by atoms with Crippen molar-refractivity contribution in [2.75, 3.05) is 0 Å². The van der Waals surface area contributed by atoms with Crippen LogP contribution in [-0.4, -0.2) is 0 Å². The van der Waals surface area contributed by atoms with Crippen LogP contribution in [-0.2, 0) is 12.6 Å². The van der Waals surface area contributed by atoms with Crippen LogP contribution in [0.3, 0.4) is 0 Å². The highest BCUT2D eigenvalue weighted by Gasteiger charge is 2.34. The van der Waals surface area contributed by atoms with Gasteiger partial charge >= 0.3 is 6.18 Å². The zero-order valence-corrected chi connectivity index (χ0v) is 19.2. The first-order chi connectivity index (χ1) is 16.7. The number of rotatable bonds is 7. The van der Waals surface area contributed by atoms with Gasteiger partial charge in [0.15, 0.2) is 0 Å². The fourth-order valence-corrected chi connectivity index (χ4v) is 4.30. The summed E-state index contributed by atoms with van der Waals surface area (Å²) in [7, 11) is 0. The molecule has 0 aliphatic rings. The molecule has 4 aromatic carbocycles. The van der Waals surface area contributed by atoms with Crippen LogP contribution in [0.25, 0.3) is 33.0 Å². The topological polar surface area (TPSA) is 0 Å². The number of unbranched alkanes of at least 4 members (excludes halogenated alkanes) is 3. The van der Waals surface area contributed by atoms with Crippen molar-refractivity contribution in [2.24, 2.45) is 0 Å². The van der Waals surface area contributed by atoms with Crippen molar-refractivity contribution in [2.45, 2.75) is 45.2 Å². The first-order valence-electron chi connectivity index (χ1n) is 11.6. The molecule has 0 radical (unpaired) electrons. The number of alkyl halides is 3. The first kappa shape index (κ1) is 24.8. The molecule has 0 bridgehead atoms. The number of hydrogen-bond acceptors (Lipinski definition) is 0. The second-order valence-corrected chi connectivity index (χ2v) is 8.68. The Balaban J connectivity index is 1.62. The number of halogens is 6. The van der Waals surface area contributed by atoms with Crippen molar-refractivity contribution in [1.82, 2.24) is 0 Å². The van der Waals surface area contributed by atoms with Gasteiger partial charge in [0.05, 0.1) is 5.56 Å². The van der Waals surface area contributed by atoms with Crippen molar-refractivity contribution >= 4 is 10.8 Å². The van der Waals surface area contributed by atoms with E-state index in [0.29, 0.717) is 17.5 Å². The minimum Gasteiger partial charge on any atom is -0.206 e. The van der Waals surface area contributed by atoms with Crippen LogP contribution in [0.2, 0.25) is 0 Å². The predicted molar refractivity (Wildman–Crippen MR) is 128 cm³/mol. The molecule has 4 aromatic rings. The number of aryl methyl sites for hydroxylation is 1. The molecular weight excluding hydrogens is 462 g/mol. The molecule has 182 valence electrons. The van der Waals surface area contributed by atoms with Gasteiger partial charge in [-0.25, -0.2) is 13.2 Å². The van der Waals surface area contributed by atoms with Crippen molar-refractivity contribution in [1.29, 1.82) is 0 Å². The molecule has 4 rings (SSSR count). The molecule has 0 fully saturated rings. The lowest BCUT2D eigenvalue weighted by Gasteiger charge is -2.12. The Hall–Kier alpha value is -3.28. The molecule has 0 aromatic heterocycles. The largest absolute Gasteiger partial charge is 0.419 e. The van der Waals surface area contributed by atoms with Crippen LogP contribution in [0, 0.1) is 17.5 Å². The molecule has 0 heterocycles. The Morgan fingerprint density at radius 1 is 0.657 bits per heavy atom. The molecule has 0 saturated carbocycles. The second kappa shape index (κ2) is 10.1. The van der Waals surface area contributed by atoms with Gasteiger partial charge in [-0.2, -0.15) is 13.2 Å². The van der Waals surface area contributed by atoms with Crippen LogP contribution in [0.5, 0.6) is 0 Å². The fraction of sp³-hybridized carbons (Fsp3) is 0.241. The van der Waals surface area contributed by atoms with Gasteiger partial charge in [0.1, 0.15) is 17.5 Å². The molecule has 0 unspecified atom stereocenters. The third kappa shape index (κ3) is 5.37. The number of benzene rings is 4. The smallest absolute Gasteiger partial charge is 0.206 e. The Morgan fingerprint density at radius 3 is 2.03 bits per heavy atom. The number of fused-ring (bicyclic) bond motifs is 1. The second-order valence-electron chi connectivity index (χ2n) is 8.68. The van der Waals surface area contributed by atoms with E-state index in [-0.39, 0.29) is 22.3 Å². The zero-order valence-electron chi connectivity index (χ0n) is 19.2. The van der Waals surface area contributed by atoms with E-state index in [1.807, 2.05) is 12.1 Å². The summed E-state index contributed by atoms with van der Waals surface area (Å²) >= 11 is 0. The molecule has 0 aliphatic heterocycles. The zero-order chi connectivity index (χ0) is 25.2. The average Bonchev–Trinajstić information content (AvgIpc) is 2.81. The molecule has 0 atom stereocenters. The standard InChI is InChI=1S/C29H24F6/c1-2-3-4-5-6-18-7-11-23-19(15-18)9-13-24(28(23)32)21-8-12-22(26(30)16-21)20-10-14-25(27(31)17-20)29(33,34)35/h7-17H,2-6H2,1H3. The lowest BCUT2D eigenvalue weighted by Crippen LogP contribution is -2.07. The predicted octanol–water partition coefficient (Wildman–Crippen LogP) is 9.73. The molecule has 0 N–H and O–H groups in total. The van der Waals surface area contributed by atoms with Crippen molar-refractivity contribution in [3.8, 4) is 22.3 Å². The quantitative estimate of drug-likeness (QED) is 0.180. The minimum absolute atomic E-state index is 0.0370. The number of hydrogen-bond donors (Lipinski definition) is 0. The highest BCUT2D eigenvalue weighted by atomic mass is 19.4. The van der Waals surface area contributed by atoms with Gasteiger partial charge in [0.25, 0.3) is 0 Å². The molecule has 6 heteroatoms. The third-order valence-electron chi connectivity index (χ3n) is 6.20. The van der Waals surface area contributed by atoms with E-state index in [0.717, 1.165) is 48.8 Å². The maximum Gasteiger partial charge on any atom is 0.419 e. The third-order valence-corrected chi connectivity index (χ3v) is 6.20. The Labute approximate surface area is 200 Å². The van der Waals surface area contributed by atoms with E-state index in [4.69, 9.17) is 0 Å². The molecule has 35 heavy (non-hydrogen) atoms. The molecule has 0 aliphatic carbocycles. The van der Waals surface area contributed by atoms with Crippen LogP contribution < -0.4 is 0 Å². The molecule has 0 saturated heterocycles. The monoisotopic (exact) mass is 486 g/mol. The van der Waals surface area contributed by atoms with Crippen molar-refractivity contribution < 1.29 is 26.3 Å². The van der Waals surface area contributed by atoms with Gasteiger partial charge in [-0.05, 0) is 53.1 Å². The maximum atomic E-state index is 15.3. The van der Waals surface area contributed by atoms with E-state index < -0.39 is 29.2 Å². The van der Waals surface area contributed by atoms with Crippen LogP contribution in [0.1, 0.15) is 43.7 Å². The summed E-state index contributed by atoms with van der Waals surface area (Å²) in [5.74, 6) is -2.75. The fourth-order valence-electron chi connectivity index (χ4n) is 4.30. The van der Waals surface area contributed by atoms with Crippen molar-refractivity contribution in [3.63, 3.8) is 0 Å². The van der Waals surface area contributed by atoms with Crippen LogP contribution in [0.15, 0.2) is 66.7 Å². The summed E-state index contributed by atoms with van der Waals surface area (Å²) in [5, 5.41) is 1.19. The molecule has 0 amide bonds. The summed E-state index contributed by atoms with van der Waals surface area (Å²) in [6, 6.07) is 15.1. The van der Waals surface area contributed by atoms with Crippen LogP contribution in [0.4, 0.5) is 26.3 Å². The van der Waals surface area contributed by atoms with E-state index >= 15 is 4.39 Å². The summed E-state index contributed by atoms with van der Waals surface area (Å²) in [6.45, 7) is 2.16. The summed E-state index contributed by atoms with van der Waals surface area (Å²) in [4.78, 5) is 0. The average molecular weight is 486 g/mol. The lowest BCUT2D eigenvalue weighted by atomic mass is 9.95. The van der Waals surface area contributed by atoms with Gasteiger partial charge < -0.3 is 0 Å². The Bertz CT molecular complexity index is 1350. The Morgan fingerprint density at radius 2 is 1.34 bits per heavy atom. The highest BCUT2D eigenvalue weighted by molar-refractivity contribution is 5.89. The minimum atomic E-state index is -4.84. The van der Waals surface area contributed by atoms with Gasteiger partial charge in [-0.3, -0.25) is 0 Å². The van der Waals surface area contributed by atoms with E-state index in [2.05, 4.69) is 6.92 Å². The summed E-state index contributed by atoms with van der Waals surface area (Å²) < 4.78 is 82.6. The molecular formula is C29H24F6. The Kier molecular flexibility index (Phi) is 7.20. The first-order valence-corrected chi connectivity index (χ1v) is 11.6.